The molecule has 3 aromatic carbocycles. The van der Waals surface area contributed by atoms with E-state index in [0.29, 0.717) is 23.4 Å². The Morgan fingerprint density at radius 3 is 2.52 bits per heavy atom. The van der Waals surface area contributed by atoms with Gasteiger partial charge in [0.1, 0.15) is 11.6 Å². The van der Waals surface area contributed by atoms with E-state index in [-0.39, 0.29) is 17.2 Å². The molecule has 6 nitrogen and oxygen atoms in total. The molecule has 1 heterocycles. The first-order valence-electron chi connectivity index (χ1n) is 10.5. The first kappa shape index (κ1) is 21.8. The first-order valence-corrected chi connectivity index (χ1v) is 10.5. The monoisotopic (exact) mass is 438 g/mol. The van der Waals surface area contributed by atoms with E-state index in [1.54, 1.807) is 35.2 Å². The second kappa shape index (κ2) is 9.41. The van der Waals surface area contributed by atoms with E-state index >= 15 is 0 Å². The smallest absolute Gasteiger partial charge is 0.343 e. The van der Waals surface area contributed by atoms with Gasteiger partial charge in [0, 0.05) is 12.2 Å². The standard InChI is InChI=1S/C27H22N2O4/c1-18-7-10-21(11-8-18)27(31)33-24-12-9-19(16-25(24)32-2)15-22(17-28)26(30)29-14-13-20-5-3-4-6-23(20)29/h3-12,15-16H,13-14H2,1-2H3. The maximum atomic E-state index is 13.0. The van der Waals surface area contributed by atoms with E-state index in [2.05, 4.69) is 0 Å². The van der Waals surface area contributed by atoms with Crippen molar-refractivity contribution in [2.24, 2.45) is 0 Å². The molecule has 0 saturated carbocycles. The zero-order valence-electron chi connectivity index (χ0n) is 18.4. The zero-order chi connectivity index (χ0) is 23.4. The number of hydrogen-bond acceptors (Lipinski definition) is 5. The minimum absolute atomic E-state index is 0.0122. The van der Waals surface area contributed by atoms with Crippen molar-refractivity contribution in [1.82, 2.24) is 0 Å². The van der Waals surface area contributed by atoms with Gasteiger partial charge in [0.2, 0.25) is 0 Å². The van der Waals surface area contributed by atoms with Gasteiger partial charge in [-0.1, -0.05) is 42.0 Å². The average molecular weight is 438 g/mol. The fourth-order valence-corrected chi connectivity index (χ4v) is 3.71. The number of para-hydroxylation sites is 1. The SMILES string of the molecule is COc1cc(C=C(C#N)C(=O)N2CCc3ccccc32)ccc1OC(=O)c1ccc(C)cc1. The molecule has 6 heteroatoms. The Labute approximate surface area is 192 Å². The van der Waals surface area contributed by atoms with Crippen LogP contribution in [0.2, 0.25) is 0 Å². The van der Waals surface area contributed by atoms with Gasteiger partial charge >= 0.3 is 5.97 Å². The quantitative estimate of drug-likeness (QED) is 0.249. The maximum Gasteiger partial charge on any atom is 0.343 e. The average Bonchev–Trinajstić information content (AvgIpc) is 3.27. The molecule has 0 unspecified atom stereocenters. The predicted octanol–water partition coefficient (Wildman–Crippen LogP) is 4.72. The van der Waals surface area contributed by atoms with Crippen LogP contribution in [0, 0.1) is 18.3 Å². The lowest BCUT2D eigenvalue weighted by atomic mass is 10.1. The minimum atomic E-state index is -0.503. The highest BCUT2D eigenvalue weighted by Crippen LogP contribution is 2.31. The molecule has 0 aliphatic carbocycles. The summed E-state index contributed by atoms with van der Waals surface area (Å²) in [7, 11) is 1.46. The van der Waals surface area contributed by atoms with E-state index in [4.69, 9.17) is 9.47 Å². The summed E-state index contributed by atoms with van der Waals surface area (Å²) in [4.78, 5) is 27.1. The van der Waals surface area contributed by atoms with Gasteiger partial charge in [-0.05, 0) is 60.9 Å². The molecule has 0 N–H and O–H groups in total. The van der Waals surface area contributed by atoms with Crippen LogP contribution in [0.4, 0.5) is 5.69 Å². The number of benzene rings is 3. The van der Waals surface area contributed by atoms with Crippen molar-refractivity contribution < 1.29 is 19.1 Å². The first-order chi connectivity index (χ1) is 16.0. The number of rotatable bonds is 5. The number of nitriles is 1. The fourth-order valence-electron chi connectivity index (χ4n) is 3.71. The number of carbonyl (C=O) groups is 2. The summed E-state index contributed by atoms with van der Waals surface area (Å²) in [5.41, 5.74) is 3.98. The third kappa shape index (κ3) is 4.63. The topological polar surface area (TPSA) is 79.6 Å². The van der Waals surface area contributed by atoms with Crippen LogP contribution in [-0.2, 0) is 11.2 Å². The van der Waals surface area contributed by atoms with Crippen LogP contribution in [0.1, 0.15) is 27.0 Å². The van der Waals surface area contributed by atoms with Crippen molar-refractivity contribution >= 4 is 23.6 Å². The van der Waals surface area contributed by atoms with E-state index in [1.807, 2.05) is 49.4 Å². The Bertz CT molecular complexity index is 1290. The molecular formula is C27H22N2O4. The summed E-state index contributed by atoms with van der Waals surface area (Å²) in [5.74, 6) is -0.285. The van der Waals surface area contributed by atoms with E-state index < -0.39 is 5.97 Å². The number of anilines is 1. The number of fused-ring (bicyclic) bond motifs is 1. The van der Waals surface area contributed by atoms with Crippen molar-refractivity contribution in [3.05, 3.63) is 94.6 Å². The lowest BCUT2D eigenvalue weighted by Gasteiger charge is -2.16. The van der Waals surface area contributed by atoms with E-state index in [1.165, 1.54) is 13.2 Å². The molecule has 1 aliphatic rings. The van der Waals surface area contributed by atoms with Crippen molar-refractivity contribution in [3.8, 4) is 17.6 Å². The Hall–Kier alpha value is -4.37. The molecule has 4 rings (SSSR count). The van der Waals surface area contributed by atoms with Gasteiger partial charge in [0.25, 0.3) is 5.91 Å². The highest BCUT2D eigenvalue weighted by atomic mass is 16.6. The third-order valence-corrected chi connectivity index (χ3v) is 5.47. The van der Waals surface area contributed by atoms with Gasteiger partial charge < -0.3 is 14.4 Å². The van der Waals surface area contributed by atoms with Crippen molar-refractivity contribution in [2.75, 3.05) is 18.6 Å². The molecule has 33 heavy (non-hydrogen) atoms. The zero-order valence-corrected chi connectivity index (χ0v) is 18.4. The van der Waals surface area contributed by atoms with Gasteiger partial charge in [-0.25, -0.2) is 4.79 Å². The highest BCUT2D eigenvalue weighted by Gasteiger charge is 2.26. The molecule has 0 fully saturated rings. The number of carbonyl (C=O) groups excluding carboxylic acids is 2. The summed E-state index contributed by atoms with van der Waals surface area (Å²) in [6.07, 6.45) is 2.27. The second-order valence-corrected chi connectivity index (χ2v) is 7.67. The summed E-state index contributed by atoms with van der Waals surface area (Å²) in [6, 6.07) is 21.6. The molecule has 0 saturated heterocycles. The molecule has 0 aromatic heterocycles. The van der Waals surface area contributed by atoms with Gasteiger partial charge in [0.05, 0.1) is 12.7 Å². The van der Waals surface area contributed by atoms with Crippen molar-refractivity contribution in [1.29, 1.82) is 5.26 Å². The molecular weight excluding hydrogens is 416 g/mol. The highest BCUT2D eigenvalue weighted by molar-refractivity contribution is 6.12. The molecule has 1 aliphatic heterocycles. The van der Waals surface area contributed by atoms with Gasteiger partial charge in [-0.3, -0.25) is 4.79 Å². The van der Waals surface area contributed by atoms with Gasteiger partial charge in [-0.15, -0.1) is 0 Å². The number of hydrogen-bond donors (Lipinski definition) is 0. The fraction of sp³-hybridized carbons (Fsp3) is 0.148. The third-order valence-electron chi connectivity index (χ3n) is 5.47. The Morgan fingerprint density at radius 1 is 1.03 bits per heavy atom. The number of ether oxygens (including phenoxy) is 2. The Balaban J connectivity index is 1.56. The summed E-state index contributed by atoms with van der Waals surface area (Å²) >= 11 is 0. The molecule has 1 amide bonds. The second-order valence-electron chi connectivity index (χ2n) is 7.67. The number of aryl methyl sites for hydroxylation is 1. The summed E-state index contributed by atoms with van der Waals surface area (Å²) in [6.45, 7) is 2.47. The predicted molar refractivity (Wildman–Crippen MR) is 125 cm³/mol. The largest absolute Gasteiger partial charge is 0.493 e. The van der Waals surface area contributed by atoms with Crippen LogP contribution >= 0.6 is 0 Å². The van der Waals surface area contributed by atoms with Gasteiger partial charge in [0.15, 0.2) is 11.5 Å². The number of methoxy groups -OCH3 is 1. The van der Waals surface area contributed by atoms with Crippen LogP contribution in [-0.4, -0.2) is 25.5 Å². The Morgan fingerprint density at radius 2 is 1.79 bits per heavy atom. The van der Waals surface area contributed by atoms with Crippen LogP contribution in [0.5, 0.6) is 11.5 Å². The lowest BCUT2D eigenvalue weighted by Crippen LogP contribution is -2.29. The van der Waals surface area contributed by atoms with Crippen LogP contribution < -0.4 is 14.4 Å². The normalized spacial score (nSPS) is 12.6. The lowest BCUT2D eigenvalue weighted by molar-refractivity contribution is -0.114. The van der Waals surface area contributed by atoms with E-state index in [0.717, 1.165) is 23.2 Å². The number of amides is 1. The van der Waals surface area contributed by atoms with E-state index in [9.17, 15) is 14.9 Å². The number of esters is 1. The minimum Gasteiger partial charge on any atom is -0.493 e. The summed E-state index contributed by atoms with van der Waals surface area (Å²) in [5, 5.41) is 9.65. The summed E-state index contributed by atoms with van der Waals surface area (Å²) < 4.78 is 10.9. The molecule has 0 atom stereocenters. The van der Waals surface area contributed by atoms with Crippen LogP contribution in [0.3, 0.4) is 0 Å². The molecule has 0 spiro atoms. The maximum absolute atomic E-state index is 13.0. The van der Waals surface area contributed by atoms with Crippen molar-refractivity contribution in [2.45, 2.75) is 13.3 Å². The number of nitrogens with zero attached hydrogens (tertiary/aromatic N) is 2. The molecule has 0 radical (unpaired) electrons. The van der Waals surface area contributed by atoms with Crippen LogP contribution in [0.25, 0.3) is 6.08 Å². The molecule has 3 aromatic rings. The van der Waals surface area contributed by atoms with Crippen LogP contribution in [0.15, 0.2) is 72.3 Å². The molecule has 0 bridgehead atoms. The molecule has 164 valence electrons. The Kier molecular flexibility index (Phi) is 6.23. The van der Waals surface area contributed by atoms with Crippen molar-refractivity contribution in [3.63, 3.8) is 0 Å². The van der Waals surface area contributed by atoms with Gasteiger partial charge in [-0.2, -0.15) is 5.26 Å².